The average Bonchev–Trinajstić information content (AvgIpc) is 2.75. The molecule has 1 aliphatic heterocycles. The lowest BCUT2D eigenvalue weighted by molar-refractivity contribution is -0.137. The third kappa shape index (κ3) is 4.03. The molecule has 0 spiro atoms. The molecule has 0 aliphatic carbocycles. The number of aromatic nitrogens is 2. The Morgan fingerprint density at radius 2 is 2.24 bits per heavy atom. The van der Waals surface area contributed by atoms with Crippen molar-refractivity contribution in [3.8, 4) is 0 Å². The van der Waals surface area contributed by atoms with Crippen LogP contribution in [0.3, 0.4) is 0 Å². The highest BCUT2D eigenvalue weighted by molar-refractivity contribution is 7.99. The molecule has 0 bridgehead atoms. The molecule has 6 heteroatoms. The molecule has 0 saturated carbocycles. The molecule has 1 aromatic heterocycles. The molecule has 1 aliphatic rings. The zero-order chi connectivity index (χ0) is 12.1. The fourth-order valence-corrected chi connectivity index (χ4v) is 3.10. The van der Waals surface area contributed by atoms with Gasteiger partial charge < -0.3 is 9.63 Å². The van der Waals surface area contributed by atoms with Crippen molar-refractivity contribution in [2.24, 2.45) is 5.92 Å². The molecule has 1 aromatic rings. The number of carboxylic acids is 1. The SMILES string of the molecule is O=C(O)CCc1nc(CC2CCSCC2)no1. The Morgan fingerprint density at radius 3 is 2.94 bits per heavy atom. The minimum absolute atomic E-state index is 0.0434. The summed E-state index contributed by atoms with van der Waals surface area (Å²) in [6.45, 7) is 0. The molecule has 2 heterocycles. The van der Waals surface area contributed by atoms with Gasteiger partial charge in [-0.05, 0) is 30.3 Å². The van der Waals surface area contributed by atoms with E-state index in [0.717, 1.165) is 12.2 Å². The Morgan fingerprint density at radius 1 is 1.47 bits per heavy atom. The Kier molecular flexibility index (Phi) is 4.42. The number of carboxylic acid groups (broad SMARTS) is 1. The second-order valence-electron chi connectivity index (χ2n) is 4.26. The minimum Gasteiger partial charge on any atom is -0.481 e. The first-order valence-corrected chi connectivity index (χ1v) is 7.00. The van der Waals surface area contributed by atoms with Gasteiger partial charge in [-0.3, -0.25) is 4.79 Å². The standard InChI is InChI=1S/C11H16N2O3S/c14-11(15)2-1-10-12-9(13-16-10)7-8-3-5-17-6-4-8/h8H,1-7H2,(H,14,15). The maximum absolute atomic E-state index is 10.4. The predicted octanol–water partition coefficient (Wildman–Crippen LogP) is 1.77. The number of rotatable bonds is 5. The van der Waals surface area contributed by atoms with Crippen LogP contribution in [0.15, 0.2) is 4.52 Å². The Hall–Kier alpha value is -1.04. The summed E-state index contributed by atoms with van der Waals surface area (Å²) in [4.78, 5) is 14.6. The van der Waals surface area contributed by atoms with E-state index in [9.17, 15) is 4.79 Å². The van der Waals surface area contributed by atoms with Crippen LogP contribution in [0, 0.1) is 5.92 Å². The van der Waals surface area contributed by atoms with Gasteiger partial charge in [0.25, 0.3) is 0 Å². The van der Waals surface area contributed by atoms with Gasteiger partial charge in [0.1, 0.15) is 0 Å². The number of aliphatic carboxylic acids is 1. The molecule has 0 aromatic carbocycles. The van der Waals surface area contributed by atoms with Crippen molar-refractivity contribution in [3.63, 3.8) is 0 Å². The Bertz CT molecular complexity index is 375. The molecule has 1 fully saturated rings. The monoisotopic (exact) mass is 256 g/mol. The van der Waals surface area contributed by atoms with E-state index in [1.54, 1.807) is 0 Å². The van der Waals surface area contributed by atoms with Crippen molar-refractivity contribution in [3.05, 3.63) is 11.7 Å². The highest BCUT2D eigenvalue weighted by Crippen LogP contribution is 2.25. The molecule has 1 N–H and O–H groups in total. The van der Waals surface area contributed by atoms with Crippen LogP contribution in [-0.4, -0.2) is 32.7 Å². The van der Waals surface area contributed by atoms with E-state index in [-0.39, 0.29) is 6.42 Å². The number of carbonyl (C=O) groups is 1. The summed E-state index contributed by atoms with van der Waals surface area (Å²) in [6.07, 6.45) is 3.65. The van der Waals surface area contributed by atoms with E-state index >= 15 is 0 Å². The number of hydrogen-bond donors (Lipinski definition) is 1. The van der Waals surface area contributed by atoms with Crippen LogP contribution in [0.2, 0.25) is 0 Å². The molecule has 0 unspecified atom stereocenters. The summed E-state index contributed by atoms with van der Waals surface area (Å²) in [5.41, 5.74) is 0. The number of nitrogens with zero attached hydrogens (tertiary/aromatic N) is 2. The average molecular weight is 256 g/mol. The molecule has 17 heavy (non-hydrogen) atoms. The highest BCUT2D eigenvalue weighted by atomic mass is 32.2. The van der Waals surface area contributed by atoms with E-state index in [4.69, 9.17) is 9.63 Å². The summed E-state index contributed by atoms with van der Waals surface area (Å²) >= 11 is 2.00. The molecule has 0 amide bonds. The summed E-state index contributed by atoms with van der Waals surface area (Å²) in [6, 6.07) is 0. The van der Waals surface area contributed by atoms with E-state index in [0.29, 0.717) is 18.2 Å². The Labute approximate surface area is 104 Å². The lowest BCUT2D eigenvalue weighted by atomic mass is 9.99. The fourth-order valence-electron chi connectivity index (χ4n) is 1.90. The van der Waals surface area contributed by atoms with Crippen LogP contribution in [0.4, 0.5) is 0 Å². The largest absolute Gasteiger partial charge is 0.481 e. The topological polar surface area (TPSA) is 76.2 Å². The first-order chi connectivity index (χ1) is 8.24. The maximum atomic E-state index is 10.4. The van der Waals surface area contributed by atoms with Crippen LogP contribution in [0.25, 0.3) is 0 Å². The third-order valence-corrected chi connectivity index (χ3v) is 3.92. The Balaban J connectivity index is 1.82. The van der Waals surface area contributed by atoms with Crippen LogP contribution in [-0.2, 0) is 17.6 Å². The molecular weight excluding hydrogens is 240 g/mol. The summed E-state index contributed by atoms with van der Waals surface area (Å²) < 4.78 is 5.03. The lowest BCUT2D eigenvalue weighted by Gasteiger charge is -2.19. The van der Waals surface area contributed by atoms with Gasteiger partial charge in [0.2, 0.25) is 5.89 Å². The van der Waals surface area contributed by atoms with Gasteiger partial charge in [0.05, 0.1) is 6.42 Å². The molecule has 0 radical (unpaired) electrons. The van der Waals surface area contributed by atoms with Gasteiger partial charge in [-0.2, -0.15) is 16.7 Å². The van der Waals surface area contributed by atoms with Crippen LogP contribution < -0.4 is 0 Å². The number of hydrogen-bond acceptors (Lipinski definition) is 5. The molecule has 5 nitrogen and oxygen atoms in total. The molecule has 1 saturated heterocycles. The predicted molar refractivity (Wildman–Crippen MR) is 64.0 cm³/mol. The van der Waals surface area contributed by atoms with Crippen molar-refractivity contribution in [2.75, 3.05) is 11.5 Å². The zero-order valence-electron chi connectivity index (χ0n) is 9.59. The highest BCUT2D eigenvalue weighted by Gasteiger charge is 2.17. The van der Waals surface area contributed by atoms with Gasteiger partial charge in [0.15, 0.2) is 5.82 Å². The fraction of sp³-hybridized carbons (Fsp3) is 0.727. The van der Waals surface area contributed by atoms with Gasteiger partial charge in [-0.1, -0.05) is 5.16 Å². The van der Waals surface area contributed by atoms with E-state index in [1.807, 2.05) is 11.8 Å². The molecule has 0 atom stereocenters. The number of thioether (sulfide) groups is 1. The quantitative estimate of drug-likeness (QED) is 0.865. The van der Waals surface area contributed by atoms with Crippen molar-refractivity contribution >= 4 is 17.7 Å². The molecule has 94 valence electrons. The van der Waals surface area contributed by atoms with Crippen molar-refractivity contribution in [2.45, 2.75) is 32.1 Å². The summed E-state index contributed by atoms with van der Waals surface area (Å²) in [5, 5.41) is 12.5. The first kappa shape index (κ1) is 12.4. The summed E-state index contributed by atoms with van der Waals surface area (Å²) in [7, 11) is 0. The van der Waals surface area contributed by atoms with E-state index < -0.39 is 5.97 Å². The molecular formula is C11H16N2O3S. The van der Waals surface area contributed by atoms with Gasteiger partial charge in [-0.15, -0.1) is 0 Å². The van der Waals surface area contributed by atoms with Crippen LogP contribution in [0.5, 0.6) is 0 Å². The van der Waals surface area contributed by atoms with E-state index in [2.05, 4.69) is 10.1 Å². The van der Waals surface area contributed by atoms with Crippen LogP contribution >= 0.6 is 11.8 Å². The van der Waals surface area contributed by atoms with Crippen LogP contribution in [0.1, 0.15) is 31.0 Å². The zero-order valence-corrected chi connectivity index (χ0v) is 10.4. The molecule has 2 rings (SSSR count). The van der Waals surface area contributed by atoms with Crippen molar-refractivity contribution in [1.29, 1.82) is 0 Å². The second kappa shape index (κ2) is 6.05. The smallest absolute Gasteiger partial charge is 0.303 e. The number of aryl methyl sites for hydroxylation is 1. The lowest BCUT2D eigenvalue weighted by Crippen LogP contribution is -2.13. The normalized spacial score (nSPS) is 17.2. The van der Waals surface area contributed by atoms with Gasteiger partial charge >= 0.3 is 5.97 Å². The van der Waals surface area contributed by atoms with Gasteiger partial charge in [0, 0.05) is 12.8 Å². The maximum Gasteiger partial charge on any atom is 0.303 e. The second-order valence-corrected chi connectivity index (χ2v) is 5.48. The van der Waals surface area contributed by atoms with Gasteiger partial charge in [-0.25, -0.2) is 0 Å². The van der Waals surface area contributed by atoms with Crippen molar-refractivity contribution < 1.29 is 14.4 Å². The summed E-state index contributed by atoms with van der Waals surface area (Å²) in [5.74, 6) is 3.41. The first-order valence-electron chi connectivity index (χ1n) is 5.85. The van der Waals surface area contributed by atoms with E-state index in [1.165, 1.54) is 24.3 Å². The van der Waals surface area contributed by atoms with Crippen molar-refractivity contribution in [1.82, 2.24) is 10.1 Å². The third-order valence-electron chi connectivity index (χ3n) is 2.88. The minimum atomic E-state index is -0.839.